The van der Waals surface area contributed by atoms with Crippen LogP contribution in [0.2, 0.25) is 0 Å². The van der Waals surface area contributed by atoms with Crippen LogP contribution in [-0.4, -0.2) is 23.7 Å². The minimum Gasteiger partial charge on any atom is -0.482 e. The quantitative estimate of drug-likeness (QED) is 0.769. The van der Waals surface area contributed by atoms with Crippen molar-refractivity contribution < 1.29 is 14.6 Å². The fourth-order valence-electron chi connectivity index (χ4n) is 1.24. The summed E-state index contributed by atoms with van der Waals surface area (Å²) in [6.07, 6.45) is 0. The van der Waals surface area contributed by atoms with Crippen LogP contribution in [0.25, 0.3) is 0 Å². The Bertz CT molecular complexity index is 350. The van der Waals surface area contributed by atoms with Crippen molar-refractivity contribution in [2.45, 2.75) is 26.4 Å². The van der Waals surface area contributed by atoms with Crippen LogP contribution in [0.4, 0.5) is 0 Å². The topological polar surface area (TPSA) is 58.6 Å². The predicted molar refractivity (Wildman–Crippen MR) is 61.5 cm³/mol. The van der Waals surface area contributed by atoms with Gasteiger partial charge in [0.05, 0.1) is 0 Å². The summed E-state index contributed by atoms with van der Waals surface area (Å²) in [5.41, 5.74) is 0.970. The SMILES string of the molecule is CC(C)NCc1ccccc1OCC(=O)O. The summed E-state index contributed by atoms with van der Waals surface area (Å²) in [7, 11) is 0. The lowest BCUT2D eigenvalue weighted by molar-refractivity contribution is -0.139. The number of ether oxygens (including phenoxy) is 1. The molecule has 4 heteroatoms. The number of hydrogen-bond donors (Lipinski definition) is 2. The summed E-state index contributed by atoms with van der Waals surface area (Å²) >= 11 is 0. The Morgan fingerprint density at radius 1 is 1.44 bits per heavy atom. The standard InChI is InChI=1S/C12H17NO3/c1-9(2)13-7-10-5-3-4-6-11(10)16-8-12(14)15/h3-6,9,13H,7-8H2,1-2H3,(H,14,15). The maximum atomic E-state index is 10.4. The van der Waals surface area contributed by atoms with E-state index in [-0.39, 0.29) is 6.61 Å². The van der Waals surface area contributed by atoms with E-state index in [1.54, 1.807) is 6.07 Å². The predicted octanol–water partition coefficient (Wildman–Crippen LogP) is 1.65. The summed E-state index contributed by atoms with van der Waals surface area (Å²) in [5, 5.41) is 11.8. The Morgan fingerprint density at radius 2 is 2.12 bits per heavy atom. The van der Waals surface area contributed by atoms with Crippen molar-refractivity contribution in [2.24, 2.45) is 0 Å². The number of rotatable bonds is 6. The van der Waals surface area contributed by atoms with Crippen molar-refractivity contribution in [2.75, 3.05) is 6.61 Å². The second-order valence-corrected chi connectivity index (χ2v) is 3.83. The average molecular weight is 223 g/mol. The van der Waals surface area contributed by atoms with Gasteiger partial charge in [-0.3, -0.25) is 0 Å². The molecule has 1 rings (SSSR count). The molecule has 0 amide bonds. The van der Waals surface area contributed by atoms with Crippen LogP contribution >= 0.6 is 0 Å². The van der Waals surface area contributed by atoms with E-state index in [9.17, 15) is 4.79 Å². The average Bonchev–Trinajstić information content (AvgIpc) is 2.24. The molecule has 16 heavy (non-hydrogen) atoms. The van der Waals surface area contributed by atoms with Gasteiger partial charge in [0.15, 0.2) is 6.61 Å². The summed E-state index contributed by atoms with van der Waals surface area (Å²) in [6, 6.07) is 7.82. The fourth-order valence-corrected chi connectivity index (χ4v) is 1.24. The third-order valence-electron chi connectivity index (χ3n) is 2.02. The fraction of sp³-hybridized carbons (Fsp3) is 0.417. The summed E-state index contributed by atoms with van der Waals surface area (Å²) < 4.78 is 5.19. The zero-order valence-electron chi connectivity index (χ0n) is 9.56. The molecule has 1 aromatic carbocycles. The molecule has 0 aliphatic rings. The van der Waals surface area contributed by atoms with Crippen molar-refractivity contribution in [3.8, 4) is 5.75 Å². The van der Waals surface area contributed by atoms with Crippen molar-refractivity contribution in [1.82, 2.24) is 5.32 Å². The van der Waals surface area contributed by atoms with Gasteiger partial charge in [-0.15, -0.1) is 0 Å². The minimum atomic E-state index is -0.966. The highest BCUT2D eigenvalue weighted by molar-refractivity contribution is 5.68. The Morgan fingerprint density at radius 3 is 2.75 bits per heavy atom. The largest absolute Gasteiger partial charge is 0.482 e. The van der Waals surface area contributed by atoms with Crippen LogP contribution in [0.3, 0.4) is 0 Å². The number of aliphatic carboxylic acids is 1. The van der Waals surface area contributed by atoms with Gasteiger partial charge in [0.25, 0.3) is 0 Å². The molecule has 0 aliphatic heterocycles. The number of nitrogens with one attached hydrogen (secondary N) is 1. The van der Waals surface area contributed by atoms with Crippen LogP contribution in [0, 0.1) is 0 Å². The van der Waals surface area contributed by atoms with E-state index < -0.39 is 5.97 Å². The molecule has 88 valence electrons. The first kappa shape index (κ1) is 12.5. The molecule has 0 saturated heterocycles. The number of carboxylic acid groups (broad SMARTS) is 1. The highest BCUT2D eigenvalue weighted by atomic mass is 16.5. The van der Waals surface area contributed by atoms with Gasteiger partial charge in [-0.2, -0.15) is 0 Å². The monoisotopic (exact) mass is 223 g/mol. The van der Waals surface area contributed by atoms with Crippen molar-refractivity contribution >= 4 is 5.97 Å². The minimum absolute atomic E-state index is 0.307. The normalized spacial score (nSPS) is 10.4. The second-order valence-electron chi connectivity index (χ2n) is 3.83. The summed E-state index contributed by atoms with van der Waals surface area (Å²) in [6.45, 7) is 4.48. The van der Waals surface area contributed by atoms with Gasteiger partial charge in [-0.1, -0.05) is 32.0 Å². The first-order chi connectivity index (χ1) is 7.59. The van der Waals surface area contributed by atoms with Gasteiger partial charge in [0.2, 0.25) is 0 Å². The van der Waals surface area contributed by atoms with E-state index in [1.807, 2.05) is 18.2 Å². The Hall–Kier alpha value is -1.55. The van der Waals surface area contributed by atoms with Crippen LogP contribution in [-0.2, 0) is 11.3 Å². The number of carbonyl (C=O) groups is 1. The Balaban J connectivity index is 2.63. The molecule has 4 nitrogen and oxygen atoms in total. The maximum Gasteiger partial charge on any atom is 0.341 e. The molecule has 0 aromatic heterocycles. The molecular formula is C12H17NO3. The van der Waals surface area contributed by atoms with E-state index in [1.165, 1.54) is 0 Å². The van der Waals surface area contributed by atoms with Gasteiger partial charge >= 0.3 is 5.97 Å². The van der Waals surface area contributed by atoms with E-state index in [2.05, 4.69) is 19.2 Å². The van der Waals surface area contributed by atoms with Crippen LogP contribution in [0.5, 0.6) is 5.75 Å². The molecule has 0 radical (unpaired) electrons. The molecule has 0 atom stereocenters. The Kier molecular flexibility index (Phi) is 4.79. The first-order valence-electron chi connectivity index (χ1n) is 5.25. The van der Waals surface area contributed by atoms with Crippen molar-refractivity contribution in [3.63, 3.8) is 0 Å². The third-order valence-corrected chi connectivity index (χ3v) is 2.02. The molecule has 0 saturated carbocycles. The zero-order valence-corrected chi connectivity index (χ0v) is 9.56. The summed E-state index contributed by atoms with van der Waals surface area (Å²) in [5.74, 6) is -0.343. The molecule has 0 spiro atoms. The van der Waals surface area contributed by atoms with E-state index in [0.717, 1.165) is 5.56 Å². The van der Waals surface area contributed by atoms with Gasteiger partial charge in [-0.25, -0.2) is 4.79 Å². The zero-order chi connectivity index (χ0) is 12.0. The van der Waals surface area contributed by atoms with Crippen molar-refractivity contribution in [1.29, 1.82) is 0 Å². The molecule has 2 N–H and O–H groups in total. The molecular weight excluding hydrogens is 206 g/mol. The molecule has 0 unspecified atom stereocenters. The summed E-state index contributed by atoms with van der Waals surface area (Å²) in [4.78, 5) is 10.4. The number of benzene rings is 1. The smallest absolute Gasteiger partial charge is 0.341 e. The number of hydrogen-bond acceptors (Lipinski definition) is 3. The van der Waals surface area contributed by atoms with E-state index in [0.29, 0.717) is 18.3 Å². The van der Waals surface area contributed by atoms with Crippen LogP contribution < -0.4 is 10.1 Å². The number of para-hydroxylation sites is 1. The highest BCUT2D eigenvalue weighted by Gasteiger charge is 2.05. The van der Waals surface area contributed by atoms with Gasteiger partial charge in [0.1, 0.15) is 5.75 Å². The lowest BCUT2D eigenvalue weighted by Crippen LogP contribution is -2.22. The first-order valence-corrected chi connectivity index (χ1v) is 5.25. The number of carboxylic acids is 1. The highest BCUT2D eigenvalue weighted by Crippen LogP contribution is 2.17. The molecule has 0 fully saturated rings. The maximum absolute atomic E-state index is 10.4. The molecule has 0 aliphatic carbocycles. The van der Waals surface area contributed by atoms with Gasteiger partial charge in [-0.05, 0) is 6.07 Å². The van der Waals surface area contributed by atoms with Gasteiger partial charge in [0, 0.05) is 18.2 Å². The third kappa shape index (κ3) is 4.31. The van der Waals surface area contributed by atoms with Crippen LogP contribution in [0.15, 0.2) is 24.3 Å². The lowest BCUT2D eigenvalue weighted by atomic mass is 10.2. The second kappa shape index (κ2) is 6.12. The Labute approximate surface area is 95.2 Å². The van der Waals surface area contributed by atoms with Crippen LogP contribution in [0.1, 0.15) is 19.4 Å². The lowest BCUT2D eigenvalue weighted by Gasteiger charge is -2.12. The molecule has 0 heterocycles. The van der Waals surface area contributed by atoms with E-state index in [4.69, 9.17) is 9.84 Å². The molecule has 1 aromatic rings. The van der Waals surface area contributed by atoms with Crippen molar-refractivity contribution in [3.05, 3.63) is 29.8 Å². The van der Waals surface area contributed by atoms with Gasteiger partial charge < -0.3 is 15.2 Å². The van der Waals surface area contributed by atoms with E-state index >= 15 is 0 Å². The molecule has 0 bridgehead atoms.